The Bertz CT molecular complexity index is 1520. The van der Waals surface area contributed by atoms with Crippen molar-refractivity contribution in [1.82, 2.24) is 5.32 Å². The second-order valence-electron chi connectivity index (χ2n) is 8.54. The van der Waals surface area contributed by atoms with Gasteiger partial charge in [0.05, 0.1) is 17.7 Å². The number of hydrogen-bond donors (Lipinski definition) is 1. The van der Waals surface area contributed by atoms with E-state index in [9.17, 15) is 4.79 Å². The topological polar surface area (TPSA) is 69.2 Å². The first-order chi connectivity index (χ1) is 19.1. The molecule has 0 saturated carbocycles. The van der Waals surface area contributed by atoms with Gasteiger partial charge in [0.15, 0.2) is 16.7 Å². The van der Waals surface area contributed by atoms with E-state index in [1.807, 2.05) is 72.8 Å². The highest BCUT2D eigenvalue weighted by Gasteiger charge is 2.24. The Morgan fingerprint density at radius 3 is 2.33 bits per heavy atom. The molecular weight excluding hydrogens is 532 g/mol. The van der Waals surface area contributed by atoms with Gasteiger partial charge in [0.1, 0.15) is 19.0 Å². The van der Waals surface area contributed by atoms with Crippen LogP contribution in [-0.2, 0) is 18.0 Å². The van der Waals surface area contributed by atoms with Crippen LogP contribution in [0.4, 0.5) is 5.69 Å². The Labute approximate surface area is 236 Å². The third-order valence-electron chi connectivity index (χ3n) is 5.77. The van der Waals surface area contributed by atoms with Crippen LogP contribution in [0.15, 0.2) is 107 Å². The Morgan fingerprint density at radius 1 is 0.821 bits per heavy atom. The van der Waals surface area contributed by atoms with E-state index in [0.717, 1.165) is 16.7 Å². The highest BCUT2D eigenvalue weighted by atomic mass is 35.5. The van der Waals surface area contributed by atoms with Crippen LogP contribution < -0.4 is 19.5 Å². The van der Waals surface area contributed by atoms with E-state index >= 15 is 0 Å². The molecule has 0 unspecified atom stereocenters. The molecule has 5 rings (SSSR count). The van der Waals surface area contributed by atoms with Gasteiger partial charge in [0.25, 0.3) is 5.91 Å². The van der Waals surface area contributed by atoms with Gasteiger partial charge in [0.2, 0.25) is 0 Å². The molecule has 8 heteroatoms. The molecule has 0 atom stereocenters. The van der Waals surface area contributed by atoms with E-state index in [1.165, 1.54) is 11.8 Å². The highest BCUT2D eigenvalue weighted by molar-refractivity contribution is 8.18. The SMILES string of the molecule is COc1cc(COc2ccccc2/C=C2/SC(=Nc3ccc(Cl)cc3)NC2=O)ccc1OCc1ccccc1. The minimum atomic E-state index is -0.210. The van der Waals surface area contributed by atoms with E-state index in [1.54, 1.807) is 37.5 Å². The van der Waals surface area contributed by atoms with E-state index in [4.69, 9.17) is 25.8 Å². The summed E-state index contributed by atoms with van der Waals surface area (Å²) in [4.78, 5) is 17.6. The number of methoxy groups -OCH3 is 1. The van der Waals surface area contributed by atoms with E-state index in [-0.39, 0.29) is 5.91 Å². The number of halogens is 1. The van der Waals surface area contributed by atoms with E-state index in [0.29, 0.717) is 51.2 Å². The number of nitrogens with one attached hydrogen (secondary N) is 1. The van der Waals surface area contributed by atoms with Gasteiger partial charge >= 0.3 is 0 Å². The van der Waals surface area contributed by atoms with Crippen molar-refractivity contribution < 1.29 is 19.0 Å². The number of benzene rings is 4. The summed E-state index contributed by atoms with van der Waals surface area (Å²) in [5.41, 5.74) is 3.50. The molecule has 0 aromatic heterocycles. The average molecular weight is 557 g/mol. The Kier molecular flexibility index (Phi) is 8.51. The van der Waals surface area contributed by atoms with Crippen molar-refractivity contribution in [3.63, 3.8) is 0 Å². The molecule has 1 saturated heterocycles. The zero-order chi connectivity index (χ0) is 27.0. The molecule has 4 aromatic carbocycles. The van der Waals surface area contributed by atoms with Crippen LogP contribution in [0, 0.1) is 0 Å². The summed E-state index contributed by atoms with van der Waals surface area (Å²) < 4.78 is 17.7. The van der Waals surface area contributed by atoms with Crippen molar-refractivity contribution in [1.29, 1.82) is 0 Å². The molecule has 6 nitrogen and oxygen atoms in total. The van der Waals surface area contributed by atoms with Gasteiger partial charge < -0.3 is 19.5 Å². The van der Waals surface area contributed by atoms with Crippen LogP contribution in [0.3, 0.4) is 0 Å². The number of para-hydroxylation sites is 1. The number of amides is 1. The third-order valence-corrected chi connectivity index (χ3v) is 6.94. The lowest BCUT2D eigenvalue weighted by atomic mass is 10.1. The van der Waals surface area contributed by atoms with Crippen LogP contribution in [0.5, 0.6) is 17.2 Å². The molecule has 0 aliphatic carbocycles. The molecule has 196 valence electrons. The van der Waals surface area contributed by atoms with Gasteiger partial charge in [-0.2, -0.15) is 0 Å². The number of nitrogens with zero attached hydrogens (tertiary/aromatic N) is 1. The number of amidine groups is 1. The van der Waals surface area contributed by atoms with Gasteiger partial charge in [-0.25, -0.2) is 4.99 Å². The first-order valence-corrected chi connectivity index (χ1v) is 13.4. The van der Waals surface area contributed by atoms with Crippen LogP contribution in [-0.4, -0.2) is 18.2 Å². The van der Waals surface area contributed by atoms with Crippen molar-refractivity contribution in [3.05, 3.63) is 124 Å². The van der Waals surface area contributed by atoms with Gasteiger partial charge in [-0.15, -0.1) is 0 Å². The molecule has 4 aromatic rings. The molecule has 0 bridgehead atoms. The molecule has 1 aliphatic rings. The Morgan fingerprint density at radius 2 is 1.54 bits per heavy atom. The lowest BCUT2D eigenvalue weighted by Crippen LogP contribution is -2.19. The minimum Gasteiger partial charge on any atom is -0.493 e. The monoisotopic (exact) mass is 556 g/mol. The van der Waals surface area contributed by atoms with Gasteiger partial charge in [-0.05, 0) is 71.4 Å². The predicted octanol–water partition coefficient (Wildman–Crippen LogP) is 7.40. The lowest BCUT2D eigenvalue weighted by molar-refractivity contribution is -0.115. The van der Waals surface area contributed by atoms with Gasteiger partial charge in [0, 0.05) is 10.6 Å². The molecule has 39 heavy (non-hydrogen) atoms. The fourth-order valence-electron chi connectivity index (χ4n) is 3.80. The van der Waals surface area contributed by atoms with Crippen molar-refractivity contribution in [3.8, 4) is 17.2 Å². The zero-order valence-corrected chi connectivity index (χ0v) is 22.7. The molecular formula is C31H25ClN2O4S. The van der Waals surface area contributed by atoms with Crippen LogP contribution in [0.1, 0.15) is 16.7 Å². The first-order valence-electron chi connectivity index (χ1n) is 12.2. The van der Waals surface area contributed by atoms with Crippen LogP contribution in [0.2, 0.25) is 5.02 Å². The number of aliphatic imine (C=N–C) groups is 1. The maximum atomic E-state index is 12.6. The molecule has 0 radical (unpaired) electrons. The summed E-state index contributed by atoms with van der Waals surface area (Å²) in [7, 11) is 1.62. The molecule has 1 heterocycles. The van der Waals surface area contributed by atoms with Crippen molar-refractivity contribution in [2.45, 2.75) is 13.2 Å². The molecule has 1 amide bonds. The Hall–Kier alpha value is -4.20. The van der Waals surface area contributed by atoms with E-state index in [2.05, 4.69) is 10.3 Å². The number of rotatable bonds is 9. The lowest BCUT2D eigenvalue weighted by Gasteiger charge is -2.14. The van der Waals surface area contributed by atoms with Crippen LogP contribution >= 0.6 is 23.4 Å². The normalized spacial score (nSPS) is 14.9. The summed E-state index contributed by atoms with van der Waals surface area (Å²) in [6, 6.07) is 30.4. The van der Waals surface area contributed by atoms with E-state index < -0.39 is 0 Å². The quantitative estimate of drug-likeness (QED) is 0.218. The maximum Gasteiger partial charge on any atom is 0.264 e. The number of hydrogen-bond acceptors (Lipinski definition) is 6. The standard InChI is InChI=1S/C31H25ClN2O4S/c1-36-28-17-22(11-16-27(28)38-19-21-7-3-2-4-8-21)20-37-26-10-6-5-9-23(26)18-29-30(35)34-31(39-29)33-25-14-12-24(32)13-15-25/h2-18H,19-20H2,1H3,(H,33,34,35)/b29-18+. The predicted molar refractivity (Wildman–Crippen MR) is 157 cm³/mol. The summed E-state index contributed by atoms with van der Waals surface area (Å²) in [6.45, 7) is 0.769. The summed E-state index contributed by atoms with van der Waals surface area (Å²) in [5, 5.41) is 3.95. The van der Waals surface area contributed by atoms with Gasteiger partial charge in [-0.1, -0.05) is 66.2 Å². The summed E-state index contributed by atoms with van der Waals surface area (Å²) in [5.74, 6) is 1.74. The average Bonchev–Trinajstić information content (AvgIpc) is 3.31. The molecule has 1 N–H and O–H groups in total. The zero-order valence-electron chi connectivity index (χ0n) is 21.1. The molecule has 1 aliphatic heterocycles. The number of ether oxygens (including phenoxy) is 3. The fraction of sp³-hybridized carbons (Fsp3) is 0.0968. The minimum absolute atomic E-state index is 0.210. The van der Waals surface area contributed by atoms with Gasteiger partial charge in [-0.3, -0.25) is 4.79 Å². The second-order valence-corrected chi connectivity index (χ2v) is 10.0. The first kappa shape index (κ1) is 26.4. The second kappa shape index (κ2) is 12.6. The number of thioether (sulfide) groups is 1. The summed E-state index contributed by atoms with van der Waals surface area (Å²) in [6.07, 6.45) is 1.81. The third kappa shape index (κ3) is 7.02. The largest absolute Gasteiger partial charge is 0.493 e. The Balaban J connectivity index is 1.26. The van der Waals surface area contributed by atoms with Crippen molar-refractivity contribution in [2.24, 2.45) is 4.99 Å². The van der Waals surface area contributed by atoms with Crippen molar-refractivity contribution in [2.75, 3.05) is 7.11 Å². The maximum absolute atomic E-state index is 12.6. The molecule has 1 fully saturated rings. The molecule has 0 spiro atoms. The fourth-order valence-corrected chi connectivity index (χ4v) is 4.76. The van der Waals surface area contributed by atoms with Crippen molar-refractivity contribution >= 4 is 46.2 Å². The smallest absolute Gasteiger partial charge is 0.264 e. The summed E-state index contributed by atoms with van der Waals surface area (Å²) >= 11 is 7.22. The number of carbonyl (C=O) groups excluding carboxylic acids is 1. The number of carbonyl (C=O) groups is 1. The van der Waals surface area contributed by atoms with Crippen LogP contribution in [0.25, 0.3) is 6.08 Å². The highest BCUT2D eigenvalue weighted by Crippen LogP contribution is 2.32.